The van der Waals surface area contributed by atoms with E-state index in [1.165, 1.54) is 6.07 Å². The Bertz CT molecular complexity index is 1170. The molecule has 2 heterocycles. The van der Waals surface area contributed by atoms with Gasteiger partial charge in [-0.1, -0.05) is 35.3 Å². The highest BCUT2D eigenvalue weighted by Crippen LogP contribution is 2.36. The average Bonchev–Trinajstić information content (AvgIpc) is 3.34. The van der Waals surface area contributed by atoms with Gasteiger partial charge in [-0.2, -0.15) is 13.2 Å². The summed E-state index contributed by atoms with van der Waals surface area (Å²) in [5.74, 6) is -1.30. The number of alkyl halides is 3. The molecule has 40 heavy (non-hydrogen) atoms. The molecule has 2 aromatic rings. The largest absolute Gasteiger partial charge is 0.419 e. The molecule has 2 atom stereocenters. The van der Waals surface area contributed by atoms with Gasteiger partial charge >= 0.3 is 6.18 Å². The second kappa shape index (κ2) is 13.4. The van der Waals surface area contributed by atoms with Crippen LogP contribution >= 0.6 is 23.2 Å². The number of halogens is 6. The van der Waals surface area contributed by atoms with E-state index < -0.39 is 17.6 Å². The van der Waals surface area contributed by atoms with Gasteiger partial charge in [-0.3, -0.25) is 9.69 Å². The van der Waals surface area contributed by atoms with Crippen LogP contribution in [0.1, 0.15) is 41.9 Å². The number of unbranched alkanes of at least 4 members (excludes halogenated alkanes) is 1. The van der Waals surface area contributed by atoms with Crippen LogP contribution in [-0.2, 0) is 17.5 Å². The molecular weight excluding hydrogens is 567 g/mol. The Kier molecular flexibility index (Phi) is 10.4. The van der Waals surface area contributed by atoms with Gasteiger partial charge in [-0.15, -0.1) is 0 Å². The van der Waals surface area contributed by atoms with E-state index in [-0.39, 0.29) is 24.4 Å². The van der Waals surface area contributed by atoms with Gasteiger partial charge in [0.25, 0.3) is 0 Å². The molecule has 2 aliphatic rings. The second-order valence-electron chi connectivity index (χ2n) is 11.0. The Balaban J connectivity index is 1.41. The van der Waals surface area contributed by atoms with E-state index in [0.29, 0.717) is 35.1 Å². The van der Waals surface area contributed by atoms with Crippen LogP contribution in [0, 0.1) is 5.82 Å². The maximum absolute atomic E-state index is 14.2. The maximum Gasteiger partial charge on any atom is 0.419 e. The summed E-state index contributed by atoms with van der Waals surface area (Å²) in [6, 6.07) is 8.29. The summed E-state index contributed by atoms with van der Waals surface area (Å²) in [5.41, 5.74) is 0.0719. The van der Waals surface area contributed by atoms with Crippen molar-refractivity contribution in [2.75, 3.05) is 59.9 Å². The number of benzene rings is 2. The van der Waals surface area contributed by atoms with Crippen molar-refractivity contribution in [3.8, 4) is 0 Å². The Labute approximate surface area is 243 Å². The number of hydrogen-bond acceptors (Lipinski definition) is 4. The van der Waals surface area contributed by atoms with Crippen molar-refractivity contribution in [1.82, 2.24) is 19.6 Å². The van der Waals surface area contributed by atoms with Gasteiger partial charge in [0.1, 0.15) is 5.82 Å². The molecular formula is C29H36Cl2F4N4O. The number of piperazine rings is 1. The highest BCUT2D eigenvalue weighted by molar-refractivity contribution is 6.42. The number of hydrogen-bond donors (Lipinski definition) is 0. The predicted octanol–water partition coefficient (Wildman–Crippen LogP) is 6.00. The summed E-state index contributed by atoms with van der Waals surface area (Å²) < 4.78 is 53.3. The van der Waals surface area contributed by atoms with E-state index in [4.69, 9.17) is 23.2 Å². The lowest BCUT2D eigenvalue weighted by molar-refractivity contribution is -0.140. The van der Waals surface area contributed by atoms with Gasteiger partial charge in [-0.25, -0.2) is 4.39 Å². The molecule has 4 rings (SSSR count). The number of rotatable bonds is 9. The monoisotopic (exact) mass is 602 g/mol. The van der Waals surface area contributed by atoms with Gasteiger partial charge in [0.15, 0.2) is 0 Å². The summed E-state index contributed by atoms with van der Waals surface area (Å²) in [7, 11) is 3.97. The molecule has 0 bridgehead atoms. The Morgan fingerprint density at radius 2 is 1.73 bits per heavy atom. The Morgan fingerprint density at radius 1 is 1.00 bits per heavy atom. The van der Waals surface area contributed by atoms with E-state index in [1.807, 2.05) is 22.9 Å². The molecule has 220 valence electrons. The van der Waals surface area contributed by atoms with Crippen LogP contribution in [0.5, 0.6) is 0 Å². The minimum absolute atomic E-state index is 0.0833. The first-order chi connectivity index (χ1) is 18.9. The number of nitrogens with zero attached hydrogens (tertiary/aromatic N) is 4. The molecule has 0 unspecified atom stereocenters. The molecule has 2 aliphatic heterocycles. The number of carbonyl (C=O) groups excluding carboxylic acids is 1. The molecule has 0 aliphatic carbocycles. The first-order valence-electron chi connectivity index (χ1n) is 13.6. The van der Waals surface area contributed by atoms with Crippen molar-refractivity contribution in [1.29, 1.82) is 0 Å². The summed E-state index contributed by atoms with van der Waals surface area (Å²) in [6.45, 7) is 6.41. The topological polar surface area (TPSA) is 30.0 Å². The Morgan fingerprint density at radius 3 is 2.38 bits per heavy atom. The molecule has 2 fully saturated rings. The van der Waals surface area contributed by atoms with Gasteiger partial charge in [0.05, 0.1) is 15.6 Å². The quantitative estimate of drug-likeness (QED) is 0.260. The maximum atomic E-state index is 14.2. The number of carbonyl (C=O) groups is 1. The summed E-state index contributed by atoms with van der Waals surface area (Å²) in [5, 5.41) is 0.848. The number of amides is 1. The predicted molar refractivity (Wildman–Crippen MR) is 150 cm³/mol. The molecule has 0 spiro atoms. The second-order valence-corrected chi connectivity index (χ2v) is 11.8. The SMILES string of the molecule is CN1CCN(CCCCC(=O)N2C[C@H](c3ccc(Cl)c(Cl)c3)[C@H](N(C)Cc3ccc(C(F)(F)F)c(F)c3)C2)CC1. The molecule has 0 N–H and O–H groups in total. The third-order valence-corrected chi connectivity index (χ3v) is 8.80. The van der Waals surface area contributed by atoms with E-state index >= 15 is 0 Å². The summed E-state index contributed by atoms with van der Waals surface area (Å²) in [4.78, 5) is 21.8. The van der Waals surface area contributed by atoms with E-state index in [1.54, 1.807) is 12.1 Å². The first-order valence-corrected chi connectivity index (χ1v) is 14.4. The van der Waals surface area contributed by atoms with Crippen LogP contribution in [0.2, 0.25) is 10.0 Å². The highest BCUT2D eigenvalue weighted by Gasteiger charge is 2.39. The van der Waals surface area contributed by atoms with Crippen molar-refractivity contribution < 1.29 is 22.4 Å². The minimum atomic E-state index is -4.75. The fourth-order valence-electron chi connectivity index (χ4n) is 5.64. The number of likely N-dealkylation sites (N-methyl/N-ethyl adjacent to an activating group) is 2. The van der Waals surface area contributed by atoms with Crippen molar-refractivity contribution >= 4 is 29.1 Å². The van der Waals surface area contributed by atoms with Crippen molar-refractivity contribution in [3.63, 3.8) is 0 Å². The van der Waals surface area contributed by atoms with Crippen molar-refractivity contribution in [2.45, 2.75) is 43.9 Å². The van der Waals surface area contributed by atoms with E-state index in [2.05, 4.69) is 16.8 Å². The van der Waals surface area contributed by atoms with E-state index in [9.17, 15) is 22.4 Å². The van der Waals surface area contributed by atoms with Crippen LogP contribution in [0.25, 0.3) is 0 Å². The lowest BCUT2D eigenvalue weighted by Crippen LogP contribution is -2.44. The molecule has 5 nitrogen and oxygen atoms in total. The zero-order chi connectivity index (χ0) is 29.0. The molecule has 0 saturated carbocycles. The van der Waals surface area contributed by atoms with Crippen molar-refractivity contribution in [3.05, 3.63) is 69.0 Å². The van der Waals surface area contributed by atoms with E-state index in [0.717, 1.165) is 63.3 Å². The fourth-order valence-corrected chi connectivity index (χ4v) is 5.95. The lowest BCUT2D eigenvalue weighted by Gasteiger charge is -2.32. The van der Waals surface area contributed by atoms with Crippen LogP contribution in [0.3, 0.4) is 0 Å². The molecule has 0 radical (unpaired) electrons. The third kappa shape index (κ3) is 7.88. The minimum Gasteiger partial charge on any atom is -0.340 e. The number of likely N-dealkylation sites (tertiary alicyclic amines) is 1. The van der Waals surface area contributed by atoms with Crippen LogP contribution in [-0.4, -0.2) is 91.5 Å². The van der Waals surface area contributed by atoms with Crippen molar-refractivity contribution in [2.24, 2.45) is 0 Å². The molecule has 2 aromatic carbocycles. The summed E-state index contributed by atoms with van der Waals surface area (Å²) >= 11 is 12.4. The molecule has 0 aromatic heterocycles. The first kappa shape index (κ1) is 31.0. The van der Waals surface area contributed by atoms with Crippen LogP contribution in [0.15, 0.2) is 36.4 Å². The van der Waals surface area contributed by atoms with Gasteiger partial charge in [0.2, 0.25) is 5.91 Å². The molecule has 2 saturated heterocycles. The lowest BCUT2D eigenvalue weighted by atomic mass is 9.93. The smallest absolute Gasteiger partial charge is 0.340 e. The Hall–Kier alpha value is -1.91. The standard InChI is InChI=1S/C29H36Cl2F4N4O/c1-36-11-13-38(14-12-36)10-4-3-5-28(40)39-18-22(21-7-9-24(30)25(31)16-21)27(19-39)37(2)17-20-6-8-23(26(32)15-20)29(33,34)35/h6-9,15-16,22,27H,3-5,10-14,17-19H2,1-2H3/t22-,27-/m1/s1. The van der Waals surface area contributed by atoms with Gasteiger partial charge in [0, 0.05) is 64.2 Å². The van der Waals surface area contributed by atoms with Crippen LogP contribution < -0.4 is 0 Å². The third-order valence-electron chi connectivity index (χ3n) is 8.06. The summed E-state index contributed by atoms with van der Waals surface area (Å²) in [6.07, 6.45) is -2.51. The van der Waals surface area contributed by atoms with Gasteiger partial charge in [-0.05, 0) is 68.9 Å². The normalized spacial score (nSPS) is 21.0. The zero-order valence-corrected chi connectivity index (χ0v) is 24.4. The average molecular weight is 604 g/mol. The highest BCUT2D eigenvalue weighted by atomic mass is 35.5. The van der Waals surface area contributed by atoms with Gasteiger partial charge < -0.3 is 14.7 Å². The molecule has 1 amide bonds. The molecule has 11 heteroatoms. The van der Waals surface area contributed by atoms with Crippen LogP contribution in [0.4, 0.5) is 17.6 Å². The zero-order valence-electron chi connectivity index (χ0n) is 22.9. The fraction of sp³-hybridized carbons (Fsp3) is 0.552.